The summed E-state index contributed by atoms with van der Waals surface area (Å²) in [4.78, 5) is 1.52. The summed E-state index contributed by atoms with van der Waals surface area (Å²) in [7, 11) is 0. The zero-order valence-corrected chi connectivity index (χ0v) is 17.2. The van der Waals surface area contributed by atoms with E-state index in [4.69, 9.17) is 13.9 Å². The molecule has 2 N–H and O–H groups in total. The first-order chi connectivity index (χ1) is 15.2. The number of quaternary nitrogens is 1. The molecule has 0 saturated carbocycles. The number of ether oxygens (including phenoxy) is 2. The van der Waals surface area contributed by atoms with E-state index >= 15 is 0 Å². The molecule has 3 unspecified atom stereocenters. The Morgan fingerprint density at radius 1 is 1.10 bits per heavy atom. The molecule has 0 aliphatic carbocycles. The van der Waals surface area contributed by atoms with E-state index in [9.17, 15) is 10.4 Å². The molecule has 0 spiro atoms. The number of nitrogens with zero attached hydrogens (tertiary/aromatic N) is 1. The van der Waals surface area contributed by atoms with Crippen molar-refractivity contribution in [3.05, 3.63) is 88.9 Å². The third-order valence-electron chi connectivity index (χ3n) is 6.03. The van der Waals surface area contributed by atoms with Crippen molar-refractivity contribution in [3.8, 4) is 11.8 Å². The Morgan fingerprint density at radius 2 is 1.81 bits per heavy atom. The zero-order valence-electron chi connectivity index (χ0n) is 17.2. The number of nitriles is 1. The van der Waals surface area contributed by atoms with Crippen molar-refractivity contribution >= 4 is 0 Å². The first-order valence-corrected chi connectivity index (χ1v) is 10.6. The van der Waals surface area contributed by atoms with Crippen LogP contribution >= 0.6 is 0 Å². The quantitative estimate of drug-likeness (QED) is 0.551. The molecular weight excluding hydrogens is 392 g/mol. The number of aliphatic hydroxyl groups excluding tert-OH is 1. The molecule has 6 heteroatoms. The average molecular weight is 417 g/mol. The Kier molecular flexibility index (Phi) is 5.47. The molecule has 5 rings (SSSR count). The highest BCUT2D eigenvalue weighted by Gasteiger charge is 2.39. The molecule has 0 bridgehead atoms. The summed E-state index contributed by atoms with van der Waals surface area (Å²) in [6.07, 6.45) is 3.28. The van der Waals surface area contributed by atoms with E-state index in [0.717, 1.165) is 36.5 Å². The van der Waals surface area contributed by atoms with Crippen LogP contribution in [0.15, 0.2) is 65.5 Å². The number of epoxide rings is 1. The number of aliphatic hydroxyl groups is 1. The predicted molar refractivity (Wildman–Crippen MR) is 112 cm³/mol. The minimum Gasteiger partial charge on any atom is -0.489 e. The fraction of sp³-hybridized carbons (Fsp3) is 0.320. The predicted octanol–water partition coefficient (Wildman–Crippen LogP) is 2.67. The molecule has 6 nitrogen and oxygen atoms in total. The maximum Gasteiger partial charge on any atom is 0.181 e. The van der Waals surface area contributed by atoms with Crippen molar-refractivity contribution in [2.45, 2.75) is 51.0 Å². The van der Waals surface area contributed by atoms with Gasteiger partial charge in [-0.2, -0.15) is 5.26 Å². The molecule has 158 valence electrons. The van der Waals surface area contributed by atoms with E-state index < -0.39 is 6.29 Å². The minimum absolute atomic E-state index is 0.225. The molecule has 1 aromatic heterocycles. The molecule has 2 aliphatic rings. The van der Waals surface area contributed by atoms with Crippen LogP contribution in [0.5, 0.6) is 5.75 Å². The molecular formula is C25H25N2O4+. The fourth-order valence-corrected chi connectivity index (χ4v) is 4.27. The van der Waals surface area contributed by atoms with Crippen molar-refractivity contribution in [3.63, 3.8) is 0 Å². The number of rotatable bonds is 8. The second-order valence-corrected chi connectivity index (χ2v) is 8.36. The Morgan fingerprint density at radius 3 is 2.48 bits per heavy atom. The van der Waals surface area contributed by atoms with Crippen molar-refractivity contribution < 1.29 is 23.9 Å². The number of hydrogen-bond donors (Lipinski definition) is 2. The van der Waals surface area contributed by atoms with Gasteiger partial charge in [0.15, 0.2) is 6.29 Å². The average Bonchev–Trinajstić information content (AvgIpc) is 3.12. The van der Waals surface area contributed by atoms with Crippen LogP contribution in [0.25, 0.3) is 0 Å². The number of fused-ring (bicyclic) bond motifs is 1. The highest BCUT2D eigenvalue weighted by atomic mass is 16.7. The molecule has 1 fully saturated rings. The third-order valence-corrected chi connectivity index (χ3v) is 6.03. The maximum absolute atomic E-state index is 9.41. The molecule has 2 aromatic carbocycles. The summed E-state index contributed by atoms with van der Waals surface area (Å²) in [6, 6.07) is 18.4. The van der Waals surface area contributed by atoms with Crippen molar-refractivity contribution in [1.82, 2.24) is 0 Å². The summed E-state index contributed by atoms with van der Waals surface area (Å²) < 4.78 is 16.3. The van der Waals surface area contributed by atoms with Gasteiger partial charge in [-0.15, -0.1) is 0 Å². The van der Waals surface area contributed by atoms with Crippen molar-refractivity contribution in [1.29, 1.82) is 5.26 Å². The van der Waals surface area contributed by atoms with Crippen LogP contribution in [-0.2, 0) is 31.0 Å². The van der Waals surface area contributed by atoms with Crippen molar-refractivity contribution in [2.75, 3.05) is 0 Å². The lowest BCUT2D eigenvalue weighted by atomic mass is 9.95. The normalized spacial score (nSPS) is 20.8. The van der Waals surface area contributed by atoms with Gasteiger partial charge in [0.05, 0.1) is 35.6 Å². The van der Waals surface area contributed by atoms with Crippen LogP contribution < -0.4 is 9.64 Å². The zero-order chi connectivity index (χ0) is 21.2. The summed E-state index contributed by atoms with van der Waals surface area (Å²) in [6.45, 7) is 3.49. The molecule has 3 aromatic rings. The van der Waals surface area contributed by atoms with Crippen LogP contribution in [0.3, 0.4) is 0 Å². The summed E-state index contributed by atoms with van der Waals surface area (Å²) in [5, 5.41) is 18.7. The maximum atomic E-state index is 9.41. The van der Waals surface area contributed by atoms with Gasteiger partial charge in [-0.1, -0.05) is 30.3 Å². The highest BCUT2D eigenvalue weighted by molar-refractivity contribution is 5.33. The first-order valence-electron chi connectivity index (χ1n) is 10.6. The van der Waals surface area contributed by atoms with Crippen LogP contribution in [0.2, 0.25) is 0 Å². The third kappa shape index (κ3) is 4.64. The highest BCUT2D eigenvalue weighted by Crippen LogP contribution is 2.31. The first kappa shape index (κ1) is 19.8. The molecule has 3 atom stereocenters. The van der Waals surface area contributed by atoms with E-state index in [1.54, 1.807) is 0 Å². The summed E-state index contributed by atoms with van der Waals surface area (Å²) in [5.74, 6) is 0.476. The van der Waals surface area contributed by atoms with Gasteiger partial charge in [-0.25, -0.2) is 0 Å². The van der Waals surface area contributed by atoms with Crippen molar-refractivity contribution in [2.24, 2.45) is 0 Å². The van der Waals surface area contributed by atoms with Gasteiger partial charge >= 0.3 is 0 Å². The lowest BCUT2D eigenvalue weighted by Gasteiger charge is -2.14. The smallest absolute Gasteiger partial charge is 0.181 e. The van der Waals surface area contributed by atoms with Crippen LogP contribution in [0.4, 0.5) is 0 Å². The standard InChI is InChI=1S/C25H24N2O4/c26-10-20(9-24-25(28)31-24)19-4-6-23(7-5-19)30-14-18-3-1-2-17(8-18)11-27-12-21-15-29-16-22(21)13-27/h1-8,15-16,20,24-25,28H,9,11-14H2/p+1. The van der Waals surface area contributed by atoms with E-state index in [0.29, 0.717) is 13.0 Å². The molecule has 1 saturated heterocycles. The lowest BCUT2D eigenvalue weighted by molar-refractivity contribution is -0.934. The van der Waals surface area contributed by atoms with Gasteiger partial charge < -0.3 is 23.9 Å². The summed E-state index contributed by atoms with van der Waals surface area (Å²) >= 11 is 0. The topological polar surface area (TPSA) is 83.4 Å². The van der Waals surface area contributed by atoms with Crippen LogP contribution in [-0.4, -0.2) is 17.5 Å². The second kappa shape index (κ2) is 8.56. The number of benzene rings is 2. The number of nitrogens with one attached hydrogen (secondary N) is 1. The number of furan rings is 1. The van der Waals surface area contributed by atoms with Gasteiger partial charge in [-0.3, -0.25) is 0 Å². The van der Waals surface area contributed by atoms with E-state index in [2.05, 4.69) is 30.3 Å². The Hall–Kier alpha value is -3.11. The Labute approximate surface area is 181 Å². The van der Waals surface area contributed by atoms with Gasteiger partial charge in [0.2, 0.25) is 0 Å². The molecule has 0 amide bonds. The Balaban J connectivity index is 1.15. The van der Waals surface area contributed by atoms with Gasteiger partial charge in [-0.05, 0) is 35.7 Å². The molecule has 2 aliphatic heterocycles. The van der Waals surface area contributed by atoms with E-state index in [-0.39, 0.29) is 12.0 Å². The molecule has 0 radical (unpaired) electrons. The lowest BCUT2D eigenvalue weighted by Crippen LogP contribution is -3.06. The van der Waals surface area contributed by atoms with Crippen LogP contribution in [0.1, 0.15) is 40.2 Å². The summed E-state index contributed by atoms with van der Waals surface area (Å²) in [5.41, 5.74) is 5.98. The SMILES string of the molecule is N#CC(CC1OC1O)c1ccc(OCc2cccc(C[NH+]3Cc4cocc4C3)c2)cc1. The van der Waals surface area contributed by atoms with Gasteiger partial charge in [0.25, 0.3) is 0 Å². The minimum atomic E-state index is -0.718. The molecule has 31 heavy (non-hydrogen) atoms. The van der Waals surface area contributed by atoms with Crippen LogP contribution in [0, 0.1) is 11.3 Å². The van der Waals surface area contributed by atoms with Gasteiger partial charge in [0, 0.05) is 5.56 Å². The number of hydrogen-bond acceptors (Lipinski definition) is 5. The second-order valence-electron chi connectivity index (χ2n) is 8.36. The van der Waals surface area contributed by atoms with E-state index in [1.807, 2.05) is 36.8 Å². The Bertz CT molecular complexity index is 1060. The molecule has 3 heterocycles. The van der Waals surface area contributed by atoms with Gasteiger partial charge in [0.1, 0.15) is 38.1 Å². The largest absolute Gasteiger partial charge is 0.489 e. The monoisotopic (exact) mass is 417 g/mol. The van der Waals surface area contributed by atoms with E-state index in [1.165, 1.54) is 21.6 Å². The fourth-order valence-electron chi connectivity index (χ4n) is 4.27.